The fourth-order valence-corrected chi connectivity index (χ4v) is 8.16. The van der Waals surface area contributed by atoms with Crippen LogP contribution < -0.4 is 0 Å². The van der Waals surface area contributed by atoms with Crippen molar-refractivity contribution in [2.45, 2.75) is 70.0 Å². The van der Waals surface area contributed by atoms with Crippen LogP contribution in [0, 0.1) is 47.3 Å². The van der Waals surface area contributed by atoms with Gasteiger partial charge in [0.05, 0.1) is 12.2 Å². The minimum Gasteiger partial charge on any atom is -0.381 e. The number of ether oxygens (including phenoxy) is 2. The molecule has 4 bridgehead atoms. The number of rotatable bonds is 5. The molecule has 2 nitrogen and oxygen atoms in total. The predicted octanol–water partition coefficient (Wildman–Crippen LogP) is 4.28. The lowest BCUT2D eigenvalue weighted by atomic mass is 9.67. The summed E-state index contributed by atoms with van der Waals surface area (Å²) in [6.45, 7) is 2.04. The third-order valence-electron chi connectivity index (χ3n) is 8.97. The molecule has 6 fully saturated rings. The molecule has 6 aliphatic rings. The quantitative estimate of drug-likeness (QED) is 0.429. The zero-order chi connectivity index (χ0) is 15.0. The topological polar surface area (TPSA) is 21.8 Å². The molecule has 0 radical (unpaired) electrons. The SMILES string of the molecule is C(CC1CC2CC1C1C3CCC(C3)C21)OCC1CCC2OC2C1. The van der Waals surface area contributed by atoms with Gasteiger partial charge < -0.3 is 9.47 Å². The summed E-state index contributed by atoms with van der Waals surface area (Å²) in [4.78, 5) is 0. The van der Waals surface area contributed by atoms with Crippen molar-refractivity contribution in [2.24, 2.45) is 47.3 Å². The average molecular weight is 316 g/mol. The van der Waals surface area contributed by atoms with Gasteiger partial charge in [-0.05, 0) is 105 Å². The molecule has 23 heavy (non-hydrogen) atoms. The lowest BCUT2D eigenvalue weighted by molar-refractivity contribution is 0.0515. The van der Waals surface area contributed by atoms with E-state index in [0.29, 0.717) is 12.2 Å². The van der Waals surface area contributed by atoms with E-state index in [4.69, 9.17) is 9.47 Å². The van der Waals surface area contributed by atoms with Gasteiger partial charge in [-0.1, -0.05) is 0 Å². The maximum atomic E-state index is 6.13. The molecule has 5 aliphatic carbocycles. The van der Waals surface area contributed by atoms with Crippen LogP contribution in [0.3, 0.4) is 0 Å². The van der Waals surface area contributed by atoms with Gasteiger partial charge >= 0.3 is 0 Å². The number of hydrogen-bond acceptors (Lipinski definition) is 2. The summed E-state index contributed by atoms with van der Waals surface area (Å²) in [5, 5.41) is 0. The lowest BCUT2D eigenvalue weighted by Crippen LogP contribution is -2.33. The Bertz CT molecular complexity index is 476. The molecule has 1 aliphatic heterocycles. The van der Waals surface area contributed by atoms with Gasteiger partial charge in [-0.3, -0.25) is 0 Å². The maximum absolute atomic E-state index is 6.13. The Morgan fingerprint density at radius 2 is 1.70 bits per heavy atom. The highest BCUT2D eigenvalue weighted by Crippen LogP contribution is 2.69. The zero-order valence-corrected chi connectivity index (χ0v) is 14.4. The molecule has 2 heteroatoms. The van der Waals surface area contributed by atoms with Crippen LogP contribution in [0.15, 0.2) is 0 Å². The highest BCUT2D eigenvalue weighted by molar-refractivity contribution is 5.10. The first-order valence-electron chi connectivity index (χ1n) is 10.6. The van der Waals surface area contributed by atoms with Crippen LogP contribution in [0.2, 0.25) is 0 Å². The second-order valence-corrected chi connectivity index (χ2v) is 9.90. The molecule has 6 rings (SSSR count). The molecular weight excluding hydrogens is 284 g/mol. The first-order chi connectivity index (χ1) is 11.4. The fourth-order valence-electron chi connectivity index (χ4n) is 8.16. The van der Waals surface area contributed by atoms with Crippen LogP contribution in [0.25, 0.3) is 0 Å². The summed E-state index contributed by atoms with van der Waals surface area (Å²) in [7, 11) is 0. The lowest BCUT2D eigenvalue weighted by Gasteiger charge is -2.38. The maximum Gasteiger partial charge on any atom is 0.0845 e. The summed E-state index contributed by atoms with van der Waals surface area (Å²) in [6.07, 6.45) is 14.4. The summed E-state index contributed by atoms with van der Waals surface area (Å²) >= 11 is 0. The Balaban J connectivity index is 0.988. The standard InChI is InChI=1S/C21H32O2/c1-4-18-19(23-18)7-12(1)11-22-6-5-13-8-16-10-17(13)21-15-3-2-14(9-15)20(16)21/h12-21H,1-11H2. The van der Waals surface area contributed by atoms with Crippen molar-refractivity contribution >= 4 is 0 Å². The monoisotopic (exact) mass is 316 g/mol. The van der Waals surface area contributed by atoms with Crippen molar-refractivity contribution in [1.29, 1.82) is 0 Å². The summed E-state index contributed by atoms with van der Waals surface area (Å²) < 4.78 is 11.8. The van der Waals surface area contributed by atoms with Crippen molar-refractivity contribution in [3.8, 4) is 0 Å². The first-order valence-corrected chi connectivity index (χ1v) is 10.6. The van der Waals surface area contributed by atoms with Crippen LogP contribution >= 0.6 is 0 Å². The summed E-state index contributed by atoms with van der Waals surface area (Å²) in [6, 6.07) is 0. The molecule has 5 saturated carbocycles. The fraction of sp³-hybridized carbons (Fsp3) is 1.00. The Morgan fingerprint density at radius 3 is 2.61 bits per heavy atom. The highest BCUT2D eigenvalue weighted by atomic mass is 16.6. The van der Waals surface area contributed by atoms with Gasteiger partial charge in [0, 0.05) is 13.2 Å². The summed E-state index contributed by atoms with van der Waals surface area (Å²) in [5.41, 5.74) is 0. The van der Waals surface area contributed by atoms with Gasteiger partial charge in [-0.25, -0.2) is 0 Å². The number of epoxide rings is 1. The van der Waals surface area contributed by atoms with Crippen molar-refractivity contribution < 1.29 is 9.47 Å². The van der Waals surface area contributed by atoms with E-state index in [2.05, 4.69) is 0 Å². The highest BCUT2D eigenvalue weighted by Gasteiger charge is 2.61. The molecule has 0 spiro atoms. The molecule has 1 saturated heterocycles. The molecule has 10 unspecified atom stereocenters. The van der Waals surface area contributed by atoms with Crippen molar-refractivity contribution in [3.05, 3.63) is 0 Å². The van der Waals surface area contributed by atoms with Gasteiger partial charge in [-0.2, -0.15) is 0 Å². The van der Waals surface area contributed by atoms with E-state index in [1.807, 2.05) is 0 Å². The molecular formula is C21H32O2. The predicted molar refractivity (Wildman–Crippen MR) is 89.0 cm³/mol. The van der Waals surface area contributed by atoms with Crippen molar-refractivity contribution in [2.75, 3.05) is 13.2 Å². The third kappa shape index (κ3) is 2.20. The van der Waals surface area contributed by atoms with Gasteiger partial charge in [0.25, 0.3) is 0 Å². The van der Waals surface area contributed by atoms with Crippen LogP contribution in [0.4, 0.5) is 0 Å². The normalized spacial score (nSPS) is 58.4. The van der Waals surface area contributed by atoms with E-state index in [1.165, 1.54) is 31.6 Å². The largest absolute Gasteiger partial charge is 0.381 e. The van der Waals surface area contributed by atoms with Crippen molar-refractivity contribution in [1.82, 2.24) is 0 Å². The zero-order valence-electron chi connectivity index (χ0n) is 14.4. The van der Waals surface area contributed by atoms with Crippen LogP contribution in [-0.2, 0) is 9.47 Å². The van der Waals surface area contributed by atoms with E-state index in [-0.39, 0.29) is 0 Å². The van der Waals surface area contributed by atoms with Gasteiger partial charge in [0.2, 0.25) is 0 Å². The Labute approximate surface area is 140 Å². The average Bonchev–Trinajstić information content (AvgIpc) is 2.97. The molecule has 0 aromatic rings. The number of fused-ring (bicyclic) bond motifs is 10. The van der Waals surface area contributed by atoms with E-state index in [1.54, 1.807) is 32.1 Å². The van der Waals surface area contributed by atoms with Crippen molar-refractivity contribution in [3.63, 3.8) is 0 Å². The molecule has 1 heterocycles. The Kier molecular flexibility index (Phi) is 3.20. The number of hydrogen-bond donors (Lipinski definition) is 0. The Morgan fingerprint density at radius 1 is 0.783 bits per heavy atom. The minimum atomic E-state index is 0.609. The van der Waals surface area contributed by atoms with E-state index >= 15 is 0 Å². The summed E-state index contributed by atoms with van der Waals surface area (Å²) in [5.74, 6) is 8.63. The second-order valence-electron chi connectivity index (χ2n) is 9.90. The molecule has 10 atom stereocenters. The van der Waals surface area contributed by atoms with Crippen LogP contribution in [0.1, 0.15) is 57.8 Å². The molecule has 0 aromatic heterocycles. The Hall–Kier alpha value is -0.0800. The van der Waals surface area contributed by atoms with E-state index in [0.717, 1.165) is 54.6 Å². The molecule has 0 amide bonds. The molecule has 0 N–H and O–H groups in total. The first kappa shape index (κ1) is 14.1. The second kappa shape index (κ2) is 5.21. The molecule has 0 aromatic carbocycles. The van der Waals surface area contributed by atoms with Crippen LogP contribution in [0.5, 0.6) is 0 Å². The van der Waals surface area contributed by atoms with Crippen LogP contribution in [-0.4, -0.2) is 25.4 Å². The van der Waals surface area contributed by atoms with E-state index in [9.17, 15) is 0 Å². The van der Waals surface area contributed by atoms with Gasteiger partial charge in [-0.15, -0.1) is 0 Å². The minimum absolute atomic E-state index is 0.609. The van der Waals surface area contributed by atoms with Gasteiger partial charge in [0.15, 0.2) is 0 Å². The van der Waals surface area contributed by atoms with Gasteiger partial charge in [0.1, 0.15) is 0 Å². The van der Waals surface area contributed by atoms with E-state index < -0.39 is 0 Å². The smallest absolute Gasteiger partial charge is 0.0845 e. The molecule has 128 valence electrons. The third-order valence-corrected chi connectivity index (χ3v) is 8.97.